The van der Waals surface area contributed by atoms with E-state index < -0.39 is 6.04 Å². The van der Waals surface area contributed by atoms with Crippen molar-refractivity contribution < 1.29 is 14.3 Å². The zero-order chi connectivity index (χ0) is 24.4. The molecule has 180 valence electrons. The van der Waals surface area contributed by atoms with Gasteiger partial charge in [0.25, 0.3) is 5.91 Å². The van der Waals surface area contributed by atoms with E-state index in [0.717, 1.165) is 17.5 Å². The van der Waals surface area contributed by atoms with Crippen molar-refractivity contribution in [1.82, 2.24) is 10.2 Å². The number of hydrogen-bond acceptors (Lipinski definition) is 3. The number of ether oxygens (including phenoxy) is 1. The standard InChI is InChI=1S/C28H40N2O3/c1-7-21(3)29-27(32)24(8-2)30(19-18-22-14-10-9-11-15-22)26(31)20-33-25-17-13-12-16-23(25)28(4,5)6/h9-17,21,24H,7-8,18-20H2,1-6H3,(H,29,32). The van der Waals surface area contributed by atoms with Crippen LogP contribution in [0.25, 0.3) is 0 Å². The number of para-hydroxylation sites is 1. The van der Waals surface area contributed by atoms with Gasteiger partial charge < -0.3 is 15.0 Å². The molecule has 0 aromatic heterocycles. The highest BCUT2D eigenvalue weighted by molar-refractivity contribution is 5.88. The summed E-state index contributed by atoms with van der Waals surface area (Å²) >= 11 is 0. The number of benzene rings is 2. The Bertz CT molecular complexity index is 890. The maximum absolute atomic E-state index is 13.4. The lowest BCUT2D eigenvalue weighted by atomic mass is 9.86. The first kappa shape index (κ1) is 26.4. The Morgan fingerprint density at radius 3 is 2.21 bits per heavy atom. The number of rotatable bonds is 11. The van der Waals surface area contributed by atoms with E-state index in [1.54, 1.807) is 4.90 Å². The predicted octanol–water partition coefficient (Wildman–Crippen LogP) is 5.13. The van der Waals surface area contributed by atoms with Gasteiger partial charge in [-0.05, 0) is 48.8 Å². The van der Waals surface area contributed by atoms with Gasteiger partial charge in [0.2, 0.25) is 5.91 Å². The summed E-state index contributed by atoms with van der Waals surface area (Å²) in [6, 6.07) is 17.4. The molecule has 0 bridgehead atoms. The molecule has 0 aliphatic carbocycles. The van der Waals surface area contributed by atoms with Crippen molar-refractivity contribution in [2.75, 3.05) is 13.2 Å². The van der Waals surface area contributed by atoms with Gasteiger partial charge in [0, 0.05) is 12.6 Å². The molecule has 5 nitrogen and oxygen atoms in total. The van der Waals surface area contributed by atoms with E-state index in [1.807, 2.05) is 75.4 Å². The van der Waals surface area contributed by atoms with Crippen LogP contribution in [0.15, 0.2) is 54.6 Å². The zero-order valence-corrected chi connectivity index (χ0v) is 21.1. The molecule has 2 aromatic rings. The SMILES string of the molecule is CCC(C)NC(=O)C(CC)N(CCc1ccccc1)C(=O)COc1ccccc1C(C)(C)C. The highest BCUT2D eigenvalue weighted by atomic mass is 16.5. The van der Waals surface area contributed by atoms with Crippen LogP contribution in [0, 0.1) is 0 Å². The largest absolute Gasteiger partial charge is 0.483 e. The molecule has 0 saturated heterocycles. The number of carbonyl (C=O) groups excluding carboxylic acids is 2. The third-order valence-electron chi connectivity index (χ3n) is 5.92. The van der Waals surface area contributed by atoms with Crippen molar-refractivity contribution in [1.29, 1.82) is 0 Å². The van der Waals surface area contributed by atoms with Crippen LogP contribution in [0.1, 0.15) is 65.5 Å². The lowest BCUT2D eigenvalue weighted by Crippen LogP contribution is -2.52. The second-order valence-electron chi connectivity index (χ2n) is 9.60. The lowest BCUT2D eigenvalue weighted by molar-refractivity contribution is -0.142. The Morgan fingerprint density at radius 2 is 1.61 bits per heavy atom. The van der Waals surface area contributed by atoms with Crippen LogP contribution in [-0.4, -0.2) is 41.9 Å². The molecule has 2 rings (SSSR count). The minimum atomic E-state index is -0.531. The van der Waals surface area contributed by atoms with E-state index in [-0.39, 0.29) is 29.9 Å². The number of nitrogens with one attached hydrogen (secondary N) is 1. The van der Waals surface area contributed by atoms with E-state index in [4.69, 9.17) is 4.74 Å². The Morgan fingerprint density at radius 1 is 0.970 bits per heavy atom. The number of nitrogens with zero attached hydrogens (tertiary/aromatic N) is 1. The topological polar surface area (TPSA) is 58.6 Å². The van der Waals surface area contributed by atoms with E-state index >= 15 is 0 Å². The first-order valence-corrected chi connectivity index (χ1v) is 12.0. The molecular weight excluding hydrogens is 412 g/mol. The number of amides is 2. The molecule has 2 atom stereocenters. The van der Waals surface area contributed by atoms with Gasteiger partial charge in [-0.15, -0.1) is 0 Å². The van der Waals surface area contributed by atoms with Gasteiger partial charge in [-0.3, -0.25) is 9.59 Å². The fraction of sp³-hybridized carbons (Fsp3) is 0.500. The second kappa shape index (κ2) is 12.4. The van der Waals surface area contributed by atoms with Crippen LogP contribution in [0.5, 0.6) is 5.75 Å². The van der Waals surface area contributed by atoms with Crippen molar-refractivity contribution in [2.24, 2.45) is 0 Å². The normalized spacial score (nSPS) is 13.2. The van der Waals surface area contributed by atoms with E-state index in [2.05, 4.69) is 26.1 Å². The maximum atomic E-state index is 13.4. The van der Waals surface area contributed by atoms with Crippen LogP contribution in [0.3, 0.4) is 0 Å². The summed E-state index contributed by atoms with van der Waals surface area (Å²) in [5, 5.41) is 3.04. The van der Waals surface area contributed by atoms with Crippen LogP contribution in [0.4, 0.5) is 0 Å². The zero-order valence-electron chi connectivity index (χ0n) is 21.1. The van der Waals surface area contributed by atoms with Gasteiger partial charge in [-0.2, -0.15) is 0 Å². The third-order valence-corrected chi connectivity index (χ3v) is 5.92. The Hall–Kier alpha value is -2.82. The van der Waals surface area contributed by atoms with Crippen molar-refractivity contribution in [3.63, 3.8) is 0 Å². The molecule has 0 aliphatic rings. The Labute approximate surface area is 199 Å². The molecule has 2 amide bonds. The summed E-state index contributed by atoms with van der Waals surface area (Å²) < 4.78 is 6.01. The van der Waals surface area contributed by atoms with E-state index in [1.165, 1.54) is 0 Å². The molecule has 2 unspecified atom stereocenters. The smallest absolute Gasteiger partial charge is 0.261 e. The molecule has 0 aliphatic heterocycles. The summed E-state index contributed by atoms with van der Waals surface area (Å²) in [7, 11) is 0. The molecular formula is C28H40N2O3. The first-order chi connectivity index (χ1) is 15.7. The maximum Gasteiger partial charge on any atom is 0.261 e. The van der Waals surface area contributed by atoms with E-state index in [9.17, 15) is 9.59 Å². The van der Waals surface area contributed by atoms with Crippen LogP contribution in [-0.2, 0) is 21.4 Å². The van der Waals surface area contributed by atoms with Gasteiger partial charge in [0.15, 0.2) is 6.61 Å². The van der Waals surface area contributed by atoms with Crippen molar-refractivity contribution in [2.45, 2.75) is 78.3 Å². The van der Waals surface area contributed by atoms with Crippen LogP contribution < -0.4 is 10.1 Å². The average molecular weight is 453 g/mol. The van der Waals surface area contributed by atoms with Gasteiger partial charge in [-0.25, -0.2) is 0 Å². The summed E-state index contributed by atoms with van der Waals surface area (Å²) in [6.45, 7) is 12.7. The van der Waals surface area contributed by atoms with Gasteiger partial charge >= 0.3 is 0 Å². The van der Waals surface area contributed by atoms with Crippen LogP contribution in [0.2, 0.25) is 0 Å². The van der Waals surface area contributed by atoms with E-state index in [0.29, 0.717) is 25.1 Å². The fourth-order valence-corrected chi connectivity index (χ4v) is 3.77. The molecule has 0 radical (unpaired) electrons. The number of carbonyl (C=O) groups is 2. The second-order valence-corrected chi connectivity index (χ2v) is 9.60. The molecule has 0 saturated carbocycles. The minimum absolute atomic E-state index is 0.0625. The average Bonchev–Trinajstić information content (AvgIpc) is 2.80. The summed E-state index contributed by atoms with van der Waals surface area (Å²) in [6.07, 6.45) is 2.06. The molecule has 0 fully saturated rings. The number of hydrogen-bond donors (Lipinski definition) is 1. The predicted molar refractivity (Wildman–Crippen MR) is 134 cm³/mol. The highest BCUT2D eigenvalue weighted by Crippen LogP contribution is 2.31. The highest BCUT2D eigenvalue weighted by Gasteiger charge is 2.29. The molecule has 2 aromatic carbocycles. The molecule has 0 spiro atoms. The summed E-state index contributed by atoms with van der Waals surface area (Å²) in [5.74, 6) is 0.419. The van der Waals surface area contributed by atoms with Gasteiger partial charge in [0.05, 0.1) is 0 Å². The first-order valence-electron chi connectivity index (χ1n) is 12.0. The van der Waals surface area contributed by atoms with Crippen molar-refractivity contribution in [3.8, 4) is 5.75 Å². The molecule has 1 N–H and O–H groups in total. The molecule has 5 heteroatoms. The lowest BCUT2D eigenvalue weighted by Gasteiger charge is -2.31. The monoisotopic (exact) mass is 452 g/mol. The van der Waals surface area contributed by atoms with Crippen molar-refractivity contribution in [3.05, 3.63) is 65.7 Å². The Balaban J connectivity index is 2.21. The fourth-order valence-electron chi connectivity index (χ4n) is 3.77. The van der Waals surface area contributed by atoms with Crippen molar-refractivity contribution >= 4 is 11.8 Å². The quantitative estimate of drug-likeness (QED) is 0.514. The molecule has 33 heavy (non-hydrogen) atoms. The summed E-state index contributed by atoms with van der Waals surface area (Å²) in [4.78, 5) is 28.1. The van der Waals surface area contributed by atoms with Gasteiger partial charge in [0.1, 0.15) is 11.8 Å². The summed E-state index contributed by atoms with van der Waals surface area (Å²) in [5.41, 5.74) is 2.08. The third kappa shape index (κ3) is 7.92. The minimum Gasteiger partial charge on any atom is -0.483 e. The molecule has 0 heterocycles. The Kier molecular flexibility index (Phi) is 9.95. The van der Waals surface area contributed by atoms with Gasteiger partial charge in [-0.1, -0.05) is 83.1 Å². The van der Waals surface area contributed by atoms with Crippen LogP contribution >= 0.6 is 0 Å².